The molecule has 2 aromatic heterocycles. The molecule has 0 spiro atoms. The highest BCUT2D eigenvalue weighted by Crippen LogP contribution is 2.15. The molecule has 2 aromatic rings. The van der Waals surface area contributed by atoms with Crippen molar-refractivity contribution in [1.82, 2.24) is 9.97 Å². The zero-order chi connectivity index (χ0) is 12.8. The topological polar surface area (TPSA) is 61.0 Å². The van der Waals surface area contributed by atoms with Crippen molar-refractivity contribution in [1.29, 1.82) is 0 Å². The smallest absolute Gasteiger partial charge is 0.147 e. The van der Waals surface area contributed by atoms with Crippen LogP contribution in [-0.4, -0.2) is 21.6 Å². The van der Waals surface area contributed by atoms with Crippen molar-refractivity contribution in [2.45, 2.75) is 6.42 Å². The third-order valence-electron chi connectivity index (χ3n) is 2.35. The minimum Gasteiger partial charge on any atom is -0.491 e. The van der Waals surface area contributed by atoms with Gasteiger partial charge in [-0.2, -0.15) is 0 Å². The number of nitrogens with zero attached hydrogens (tertiary/aromatic N) is 2. The number of nitrogens with two attached hydrogens (primary N) is 1. The maximum atomic E-state index is 5.63. The van der Waals surface area contributed by atoms with Gasteiger partial charge in [-0.3, -0.25) is 4.98 Å². The minimum absolute atomic E-state index is 0.239. The van der Waals surface area contributed by atoms with E-state index in [0.29, 0.717) is 18.1 Å². The normalized spacial score (nSPS) is 10.0. The lowest BCUT2D eigenvalue weighted by Gasteiger charge is -2.09. The molecular formula is C13H13N3OS. The number of rotatable bonds is 5. The first kappa shape index (κ1) is 12.4. The van der Waals surface area contributed by atoms with Gasteiger partial charge in [0, 0.05) is 24.5 Å². The maximum Gasteiger partial charge on any atom is 0.147 e. The molecule has 0 aromatic carbocycles. The average Bonchev–Trinajstić information content (AvgIpc) is 2.40. The Kier molecular flexibility index (Phi) is 4.20. The Morgan fingerprint density at radius 1 is 1.17 bits per heavy atom. The first-order valence-electron chi connectivity index (χ1n) is 5.55. The molecule has 0 saturated carbocycles. The Bertz CT molecular complexity index is 531. The van der Waals surface area contributed by atoms with E-state index in [1.54, 1.807) is 24.5 Å². The summed E-state index contributed by atoms with van der Waals surface area (Å²) in [7, 11) is 0. The monoisotopic (exact) mass is 259 g/mol. The van der Waals surface area contributed by atoms with Crippen LogP contribution >= 0.6 is 12.2 Å². The van der Waals surface area contributed by atoms with Gasteiger partial charge in [-0.1, -0.05) is 18.3 Å². The Labute approximate surface area is 111 Å². The summed E-state index contributed by atoms with van der Waals surface area (Å²) >= 11 is 4.92. The van der Waals surface area contributed by atoms with Gasteiger partial charge in [-0.15, -0.1) is 0 Å². The molecule has 2 rings (SSSR count). The van der Waals surface area contributed by atoms with Gasteiger partial charge in [-0.25, -0.2) is 4.98 Å². The molecule has 18 heavy (non-hydrogen) atoms. The van der Waals surface area contributed by atoms with Gasteiger partial charge < -0.3 is 10.5 Å². The molecule has 0 saturated heterocycles. The van der Waals surface area contributed by atoms with Gasteiger partial charge in [-0.05, 0) is 24.3 Å². The first-order chi connectivity index (χ1) is 8.77. The second kappa shape index (κ2) is 6.07. The van der Waals surface area contributed by atoms with Gasteiger partial charge >= 0.3 is 0 Å². The van der Waals surface area contributed by atoms with Crippen molar-refractivity contribution < 1.29 is 4.74 Å². The van der Waals surface area contributed by atoms with Crippen LogP contribution in [0.4, 0.5) is 0 Å². The van der Waals surface area contributed by atoms with Gasteiger partial charge in [0.15, 0.2) is 0 Å². The fraction of sp³-hybridized carbons (Fsp3) is 0.154. The lowest BCUT2D eigenvalue weighted by atomic mass is 10.3. The summed E-state index contributed by atoms with van der Waals surface area (Å²) in [5.74, 6) is 0.612. The Morgan fingerprint density at radius 3 is 2.72 bits per heavy atom. The van der Waals surface area contributed by atoms with E-state index >= 15 is 0 Å². The fourth-order valence-electron chi connectivity index (χ4n) is 1.50. The second-order valence-corrected chi connectivity index (χ2v) is 4.07. The van der Waals surface area contributed by atoms with E-state index in [9.17, 15) is 0 Å². The van der Waals surface area contributed by atoms with Crippen LogP contribution in [0.15, 0.2) is 42.7 Å². The average molecular weight is 259 g/mol. The molecule has 4 nitrogen and oxygen atoms in total. The van der Waals surface area contributed by atoms with Crippen LogP contribution in [0.5, 0.6) is 5.75 Å². The van der Waals surface area contributed by atoms with E-state index in [0.717, 1.165) is 12.1 Å². The first-order valence-corrected chi connectivity index (χ1v) is 5.96. The highest BCUT2D eigenvalue weighted by molar-refractivity contribution is 7.80. The molecular weight excluding hydrogens is 246 g/mol. The maximum absolute atomic E-state index is 5.63. The summed E-state index contributed by atoms with van der Waals surface area (Å²) in [4.78, 5) is 8.56. The highest BCUT2D eigenvalue weighted by Gasteiger charge is 2.06. The van der Waals surface area contributed by atoms with E-state index in [2.05, 4.69) is 9.97 Å². The van der Waals surface area contributed by atoms with Crippen LogP contribution in [0.1, 0.15) is 11.4 Å². The van der Waals surface area contributed by atoms with Gasteiger partial charge in [0.25, 0.3) is 0 Å². The molecule has 2 heterocycles. The standard InChI is InChI=1S/C13H13N3OS/c14-13(18)12-11(5-3-8-16-12)17-9-6-10-4-1-2-7-15-10/h1-5,7-8H,6,9H2,(H2,14,18). The second-order valence-electron chi connectivity index (χ2n) is 3.63. The lowest BCUT2D eigenvalue weighted by molar-refractivity contribution is 0.318. The van der Waals surface area contributed by atoms with Crippen LogP contribution in [0.3, 0.4) is 0 Å². The van der Waals surface area contributed by atoms with Crippen molar-refractivity contribution in [3.63, 3.8) is 0 Å². The minimum atomic E-state index is 0.239. The molecule has 0 aliphatic heterocycles. The molecule has 0 amide bonds. The summed E-state index contributed by atoms with van der Waals surface area (Å²) in [6.45, 7) is 0.512. The molecule has 92 valence electrons. The van der Waals surface area contributed by atoms with E-state index in [-0.39, 0.29) is 4.99 Å². The van der Waals surface area contributed by atoms with Crippen molar-refractivity contribution in [3.05, 3.63) is 54.1 Å². The number of thiocarbonyl (C=S) groups is 1. The Morgan fingerprint density at radius 2 is 2.00 bits per heavy atom. The molecule has 2 N–H and O–H groups in total. The van der Waals surface area contributed by atoms with Gasteiger partial charge in [0.2, 0.25) is 0 Å². The third kappa shape index (κ3) is 3.24. The summed E-state index contributed by atoms with van der Waals surface area (Å²) in [6.07, 6.45) is 4.13. The number of hydrogen-bond acceptors (Lipinski definition) is 4. The van der Waals surface area contributed by atoms with Crippen LogP contribution in [0.2, 0.25) is 0 Å². The van der Waals surface area contributed by atoms with Crippen molar-refractivity contribution in [2.24, 2.45) is 5.73 Å². The van der Waals surface area contributed by atoms with E-state index in [1.165, 1.54) is 0 Å². The fourth-order valence-corrected chi connectivity index (χ4v) is 1.66. The summed E-state index contributed by atoms with van der Waals surface area (Å²) in [5, 5.41) is 0. The van der Waals surface area contributed by atoms with Crippen LogP contribution in [-0.2, 0) is 6.42 Å². The van der Waals surface area contributed by atoms with Crippen LogP contribution in [0.25, 0.3) is 0 Å². The predicted molar refractivity (Wildman–Crippen MR) is 73.6 cm³/mol. The quantitative estimate of drug-likeness (QED) is 0.829. The SMILES string of the molecule is NC(=S)c1ncccc1OCCc1ccccn1. The van der Waals surface area contributed by atoms with Crippen molar-refractivity contribution in [3.8, 4) is 5.75 Å². The molecule has 0 atom stereocenters. The zero-order valence-corrected chi connectivity index (χ0v) is 10.6. The van der Waals surface area contributed by atoms with E-state index in [4.69, 9.17) is 22.7 Å². The molecule has 5 heteroatoms. The number of ether oxygens (including phenoxy) is 1. The molecule has 0 unspecified atom stereocenters. The molecule has 0 fully saturated rings. The number of aromatic nitrogens is 2. The summed E-state index contributed by atoms with van der Waals surface area (Å²) in [5.41, 5.74) is 7.08. The Balaban J connectivity index is 1.97. The molecule has 0 aliphatic carbocycles. The van der Waals surface area contributed by atoms with Crippen molar-refractivity contribution >= 4 is 17.2 Å². The van der Waals surface area contributed by atoms with Gasteiger partial charge in [0.1, 0.15) is 16.4 Å². The highest BCUT2D eigenvalue weighted by atomic mass is 32.1. The number of pyridine rings is 2. The predicted octanol–water partition coefficient (Wildman–Crippen LogP) is 1.73. The Hall–Kier alpha value is -2.01. The van der Waals surface area contributed by atoms with Crippen molar-refractivity contribution in [2.75, 3.05) is 6.61 Å². The molecule has 0 radical (unpaired) electrons. The molecule has 0 bridgehead atoms. The zero-order valence-electron chi connectivity index (χ0n) is 9.74. The summed E-state index contributed by atoms with van der Waals surface area (Å²) in [6, 6.07) is 9.39. The van der Waals surface area contributed by atoms with E-state index in [1.807, 2.05) is 18.2 Å². The largest absolute Gasteiger partial charge is 0.491 e. The van der Waals surface area contributed by atoms with Gasteiger partial charge in [0.05, 0.1) is 6.61 Å². The summed E-state index contributed by atoms with van der Waals surface area (Å²) < 4.78 is 5.63. The third-order valence-corrected chi connectivity index (χ3v) is 2.54. The lowest BCUT2D eigenvalue weighted by Crippen LogP contribution is -2.14. The molecule has 0 aliphatic rings. The van der Waals surface area contributed by atoms with Crippen LogP contribution < -0.4 is 10.5 Å². The number of hydrogen-bond donors (Lipinski definition) is 1. The van der Waals surface area contributed by atoms with Crippen LogP contribution in [0, 0.1) is 0 Å². The van der Waals surface area contributed by atoms with E-state index < -0.39 is 0 Å².